The van der Waals surface area contributed by atoms with E-state index in [2.05, 4.69) is 41.4 Å². The molecule has 0 spiro atoms. The van der Waals surface area contributed by atoms with Gasteiger partial charge in [-0.05, 0) is 72.8 Å². The summed E-state index contributed by atoms with van der Waals surface area (Å²) in [5.74, 6) is -0.378. The summed E-state index contributed by atoms with van der Waals surface area (Å²) >= 11 is 0. The lowest BCUT2D eigenvalue weighted by atomic mass is 9.93. The molecular formula is C22H25N3O. The number of benzene rings is 2. The summed E-state index contributed by atoms with van der Waals surface area (Å²) in [6.45, 7) is 5.24. The molecule has 0 saturated heterocycles. The van der Waals surface area contributed by atoms with Gasteiger partial charge in [-0.25, -0.2) is 0 Å². The largest absolute Gasteiger partial charge is 0.366 e. The maximum absolute atomic E-state index is 11.2. The highest BCUT2D eigenvalue weighted by molar-refractivity contribution is 5.93. The highest BCUT2D eigenvalue weighted by Gasteiger charge is 2.22. The quantitative estimate of drug-likeness (QED) is 0.897. The molecule has 4 heteroatoms. The van der Waals surface area contributed by atoms with Crippen molar-refractivity contribution in [2.75, 3.05) is 18.0 Å². The van der Waals surface area contributed by atoms with Gasteiger partial charge in [0.25, 0.3) is 0 Å². The van der Waals surface area contributed by atoms with Crippen molar-refractivity contribution < 1.29 is 4.79 Å². The number of hydrogen-bond donors (Lipinski definition) is 2. The summed E-state index contributed by atoms with van der Waals surface area (Å²) in [6, 6.07) is 15.0. The molecule has 0 aromatic heterocycles. The summed E-state index contributed by atoms with van der Waals surface area (Å²) in [4.78, 5) is 13.7. The fourth-order valence-electron chi connectivity index (χ4n) is 3.99. The standard InChI is InChI=1S/C22H25N3O/c1-15-12-19(16-2-4-17(5-3-16)22(23)26)9-11-25(15)21-7-6-20-14-24-10-8-18(20)13-21/h2-7,9,13,15,24H,8,10-12,14H2,1H3,(H2,23,26). The number of carbonyl (C=O) groups excluding carboxylic acids is 1. The predicted octanol–water partition coefficient (Wildman–Crippen LogP) is 3.11. The Hall–Kier alpha value is -2.59. The second kappa shape index (κ2) is 6.96. The van der Waals surface area contributed by atoms with Crippen LogP contribution >= 0.6 is 0 Å². The van der Waals surface area contributed by atoms with Gasteiger partial charge >= 0.3 is 0 Å². The van der Waals surface area contributed by atoms with Crippen LogP contribution in [0.25, 0.3) is 5.57 Å². The lowest BCUT2D eigenvalue weighted by molar-refractivity contribution is 0.100. The SMILES string of the molecule is CC1CC(c2ccc(C(N)=O)cc2)=CCN1c1ccc2c(c1)CCNC2. The molecule has 2 aliphatic rings. The number of anilines is 1. The number of hydrogen-bond acceptors (Lipinski definition) is 3. The number of primary amides is 1. The summed E-state index contributed by atoms with van der Waals surface area (Å²) in [5.41, 5.74) is 12.6. The van der Waals surface area contributed by atoms with Crippen molar-refractivity contribution in [3.8, 4) is 0 Å². The van der Waals surface area contributed by atoms with Gasteiger partial charge < -0.3 is 16.0 Å². The van der Waals surface area contributed by atoms with Crippen molar-refractivity contribution in [3.05, 3.63) is 70.8 Å². The normalized spacial score (nSPS) is 19.7. The Labute approximate surface area is 154 Å². The maximum atomic E-state index is 11.2. The Morgan fingerprint density at radius 1 is 1.15 bits per heavy atom. The Kier molecular flexibility index (Phi) is 4.51. The molecule has 3 N–H and O–H groups in total. The second-order valence-corrected chi connectivity index (χ2v) is 7.26. The molecule has 134 valence electrons. The molecule has 0 bridgehead atoms. The molecule has 0 aliphatic carbocycles. The van der Waals surface area contributed by atoms with Gasteiger partial charge in [0.05, 0.1) is 0 Å². The van der Waals surface area contributed by atoms with Gasteiger partial charge in [-0.2, -0.15) is 0 Å². The van der Waals surface area contributed by atoms with Crippen LogP contribution in [0.15, 0.2) is 48.5 Å². The molecule has 0 fully saturated rings. The average molecular weight is 347 g/mol. The number of nitrogens with two attached hydrogens (primary N) is 1. The minimum absolute atomic E-state index is 0.378. The van der Waals surface area contributed by atoms with Crippen LogP contribution in [0.1, 0.15) is 40.4 Å². The molecular weight excluding hydrogens is 322 g/mol. The minimum atomic E-state index is -0.378. The molecule has 2 heterocycles. The Balaban J connectivity index is 1.54. The van der Waals surface area contributed by atoms with Crippen molar-refractivity contribution in [2.24, 2.45) is 5.73 Å². The lowest BCUT2D eigenvalue weighted by Crippen LogP contribution is -2.36. The summed E-state index contributed by atoms with van der Waals surface area (Å²) in [7, 11) is 0. The maximum Gasteiger partial charge on any atom is 0.248 e. The van der Waals surface area contributed by atoms with E-state index in [-0.39, 0.29) is 5.91 Å². The zero-order valence-corrected chi connectivity index (χ0v) is 15.2. The first-order chi connectivity index (χ1) is 12.6. The second-order valence-electron chi connectivity index (χ2n) is 7.26. The summed E-state index contributed by atoms with van der Waals surface area (Å²) in [5, 5.41) is 3.43. The Morgan fingerprint density at radius 2 is 1.96 bits per heavy atom. The molecule has 1 amide bonds. The van der Waals surface area contributed by atoms with Crippen molar-refractivity contribution in [2.45, 2.75) is 32.4 Å². The van der Waals surface area contributed by atoms with E-state index in [1.807, 2.05) is 24.3 Å². The highest BCUT2D eigenvalue weighted by atomic mass is 16.1. The topological polar surface area (TPSA) is 58.4 Å². The molecule has 26 heavy (non-hydrogen) atoms. The van der Waals surface area contributed by atoms with Gasteiger partial charge in [0.2, 0.25) is 5.91 Å². The van der Waals surface area contributed by atoms with Crippen LogP contribution in [0.4, 0.5) is 5.69 Å². The van der Waals surface area contributed by atoms with Crippen LogP contribution in [0.3, 0.4) is 0 Å². The number of fused-ring (bicyclic) bond motifs is 1. The third-order valence-electron chi connectivity index (χ3n) is 5.53. The molecule has 2 aliphatic heterocycles. The summed E-state index contributed by atoms with van der Waals surface area (Å²) < 4.78 is 0. The van der Waals surface area contributed by atoms with Crippen LogP contribution in [0.5, 0.6) is 0 Å². The lowest BCUT2D eigenvalue weighted by Gasteiger charge is -2.36. The highest BCUT2D eigenvalue weighted by Crippen LogP contribution is 2.31. The first-order valence-electron chi connectivity index (χ1n) is 9.30. The first kappa shape index (κ1) is 16.9. The molecule has 4 nitrogen and oxygen atoms in total. The number of nitrogens with zero attached hydrogens (tertiary/aromatic N) is 1. The van der Waals surface area contributed by atoms with E-state index in [9.17, 15) is 4.79 Å². The van der Waals surface area contributed by atoms with Crippen molar-refractivity contribution >= 4 is 17.2 Å². The minimum Gasteiger partial charge on any atom is -0.366 e. The Morgan fingerprint density at radius 3 is 2.69 bits per heavy atom. The number of carbonyl (C=O) groups is 1. The van der Waals surface area contributed by atoms with Crippen molar-refractivity contribution in [1.29, 1.82) is 0 Å². The fraction of sp³-hybridized carbons (Fsp3) is 0.318. The molecule has 1 atom stereocenters. The predicted molar refractivity (Wildman–Crippen MR) is 106 cm³/mol. The van der Waals surface area contributed by atoms with Crippen LogP contribution in [-0.4, -0.2) is 25.0 Å². The molecule has 0 radical (unpaired) electrons. The van der Waals surface area contributed by atoms with E-state index < -0.39 is 0 Å². The Bertz CT molecular complexity index is 854. The van der Waals surface area contributed by atoms with E-state index >= 15 is 0 Å². The van der Waals surface area contributed by atoms with Crippen LogP contribution in [0, 0.1) is 0 Å². The van der Waals surface area contributed by atoms with E-state index in [1.165, 1.54) is 28.0 Å². The van der Waals surface area contributed by atoms with Gasteiger partial charge in [-0.3, -0.25) is 4.79 Å². The van der Waals surface area contributed by atoms with Gasteiger partial charge in [-0.15, -0.1) is 0 Å². The number of nitrogens with one attached hydrogen (secondary N) is 1. The first-order valence-corrected chi connectivity index (χ1v) is 9.30. The molecule has 4 rings (SSSR count). The van der Waals surface area contributed by atoms with Gasteiger partial charge in [-0.1, -0.05) is 24.3 Å². The molecule has 2 aromatic carbocycles. The zero-order valence-electron chi connectivity index (χ0n) is 15.2. The number of amides is 1. The monoisotopic (exact) mass is 347 g/mol. The molecule has 1 unspecified atom stereocenters. The van der Waals surface area contributed by atoms with Crippen LogP contribution in [-0.2, 0) is 13.0 Å². The van der Waals surface area contributed by atoms with E-state index in [0.717, 1.165) is 32.5 Å². The average Bonchev–Trinajstić information content (AvgIpc) is 2.67. The smallest absolute Gasteiger partial charge is 0.248 e. The van der Waals surface area contributed by atoms with Gasteiger partial charge in [0, 0.05) is 30.4 Å². The van der Waals surface area contributed by atoms with Crippen LogP contribution < -0.4 is 16.0 Å². The van der Waals surface area contributed by atoms with E-state index in [1.54, 1.807) is 0 Å². The number of rotatable bonds is 3. The van der Waals surface area contributed by atoms with Crippen LogP contribution in [0.2, 0.25) is 0 Å². The third kappa shape index (κ3) is 3.25. The fourth-order valence-corrected chi connectivity index (χ4v) is 3.99. The van der Waals surface area contributed by atoms with E-state index in [0.29, 0.717) is 11.6 Å². The third-order valence-corrected chi connectivity index (χ3v) is 5.53. The molecule has 2 aromatic rings. The zero-order chi connectivity index (χ0) is 18.1. The molecule has 0 saturated carbocycles. The van der Waals surface area contributed by atoms with E-state index in [4.69, 9.17) is 5.73 Å². The summed E-state index contributed by atoms with van der Waals surface area (Å²) in [6.07, 6.45) is 4.41. The van der Waals surface area contributed by atoms with Gasteiger partial charge in [0.1, 0.15) is 0 Å². The van der Waals surface area contributed by atoms with Gasteiger partial charge in [0.15, 0.2) is 0 Å². The van der Waals surface area contributed by atoms with Crippen molar-refractivity contribution in [3.63, 3.8) is 0 Å². The van der Waals surface area contributed by atoms with Crippen molar-refractivity contribution in [1.82, 2.24) is 5.32 Å².